The molecule has 5 heteroatoms. The van der Waals surface area contributed by atoms with Crippen molar-refractivity contribution in [3.8, 4) is 0 Å². The van der Waals surface area contributed by atoms with Crippen LogP contribution in [0.5, 0.6) is 0 Å². The van der Waals surface area contributed by atoms with Crippen molar-refractivity contribution in [3.05, 3.63) is 35.4 Å². The minimum atomic E-state index is -0.853. The van der Waals surface area contributed by atoms with Crippen molar-refractivity contribution < 1.29 is 14.7 Å². The molecule has 1 heterocycles. The third kappa shape index (κ3) is 5.42. The van der Waals surface area contributed by atoms with E-state index >= 15 is 0 Å². The molecule has 1 aliphatic heterocycles. The summed E-state index contributed by atoms with van der Waals surface area (Å²) in [5, 5.41) is 11.8. The summed E-state index contributed by atoms with van der Waals surface area (Å²) < 4.78 is 0. The maximum Gasteiger partial charge on any atom is 0.307 e. The lowest BCUT2D eigenvalue weighted by molar-refractivity contribution is -0.136. The van der Waals surface area contributed by atoms with Gasteiger partial charge < -0.3 is 10.4 Å². The molecule has 114 valence electrons. The van der Waals surface area contributed by atoms with Crippen LogP contribution in [0.4, 0.5) is 0 Å². The molecule has 1 fully saturated rings. The van der Waals surface area contributed by atoms with E-state index in [1.54, 1.807) is 6.07 Å². The number of carboxylic acids is 1. The zero-order valence-electron chi connectivity index (χ0n) is 12.0. The lowest BCUT2D eigenvalue weighted by Crippen LogP contribution is -2.27. The zero-order chi connectivity index (χ0) is 15.1. The number of carbonyl (C=O) groups excluding carboxylic acids is 1. The molecule has 0 bridgehead atoms. The van der Waals surface area contributed by atoms with Gasteiger partial charge in [0.25, 0.3) is 0 Å². The Morgan fingerprint density at radius 1 is 1.19 bits per heavy atom. The molecular formula is C16H21NO3S. The Kier molecular flexibility index (Phi) is 6.11. The van der Waals surface area contributed by atoms with Crippen LogP contribution in [0, 0.1) is 5.92 Å². The van der Waals surface area contributed by atoms with Crippen molar-refractivity contribution in [2.75, 3.05) is 11.5 Å². The smallest absolute Gasteiger partial charge is 0.307 e. The Morgan fingerprint density at radius 2 is 1.86 bits per heavy atom. The fourth-order valence-electron chi connectivity index (χ4n) is 2.54. The number of carbonyl (C=O) groups is 2. The number of thioether (sulfide) groups is 1. The summed E-state index contributed by atoms with van der Waals surface area (Å²) in [7, 11) is 0. The molecule has 2 rings (SSSR count). The largest absolute Gasteiger partial charge is 0.481 e. The second-order valence-electron chi connectivity index (χ2n) is 5.38. The highest BCUT2D eigenvalue weighted by atomic mass is 32.2. The average Bonchev–Trinajstić information content (AvgIpc) is 2.47. The van der Waals surface area contributed by atoms with E-state index in [2.05, 4.69) is 5.32 Å². The standard InChI is InChI=1S/C16H21NO3S/c18-15(9-12-5-7-21-8-6-12)17-11-14-4-2-1-3-13(14)10-16(19)20/h1-4,12H,5-11H2,(H,17,18)(H,19,20). The first-order valence-corrected chi connectivity index (χ1v) is 8.43. The molecule has 21 heavy (non-hydrogen) atoms. The molecule has 1 aliphatic rings. The van der Waals surface area contributed by atoms with E-state index < -0.39 is 5.97 Å². The molecule has 0 spiro atoms. The van der Waals surface area contributed by atoms with Gasteiger partial charge in [-0.2, -0.15) is 11.8 Å². The molecule has 4 nitrogen and oxygen atoms in total. The number of rotatable bonds is 6. The molecule has 0 radical (unpaired) electrons. The number of aliphatic carboxylic acids is 1. The maximum atomic E-state index is 12.0. The van der Waals surface area contributed by atoms with Gasteiger partial charge in [0.1, 0.15) is 0 Å². The highest BCUT2D eigenvalue weighted by Crippen LogP contribution is 2.25. The van der Waals surface area contributed by atoms with Crippen molar-refractivity contribution in [1.29, 1.82) is 0 Å². The van der Waals surface area contributed by atoms with E-state index in [-0.39, 0.29) is 12.3 Å². The van der Waals surface area contributed by atoms with Crippen LogP contribution in [0.25, 0.3) is 0 Å². The third-order valence-corrected chi connectivity index (χ3v) is 4.80. The Morgan fingerprint density at radius 3 is 2.52 bits per heavy atom. The first-order valence-electron chi connectivity index (χ1n) is 7.28. The quantitative estimate of drug-likeness (QED) is 0.847. The molecule has 0 aromatic heterocycles. The van der Waals surface area contributed by atoms with Gasteiger partial charge in [0.15, 0.2) is 0 Å². The molecule has 1 saturated heterocycles. The lowest BCUT2D eigenvalue weighted by Gasteiger charge is -2.20. The van der Waals surface area contributed by atoms with Gasteiger partial charge in [0.05, 0.1) is 6.42 Å². The van der Waals surface area contributed by atoms with E-state index in [0.29, 0.717) is 18.9 Å². The normalized spacial score (nSPS) is 15.6. The Hall–Kier alpha value is -1.49. The number of nitrogens with one attached hydrogen (secondary N) is 1. The molecular weight excluding hydrogens is 286 g/mol. The van der Waals surface area contributed by atoms with Crippen LogP contribution >= 0.6 is 11.8 Å². The average molecular weight is 307 g/mol. The topological polar surface area (TPSA) is 66.4 Å². The van der Waals surface area contributed by atoms with Crippen LogP contribution in [-0.2, 0) is 22.6 Å². The molecule has 2 N–H and O–H groups in total. The predicted octanol–water partition coefficient (Wildman–Crippen LogP) is 2.46. The zero-order valence-corrected chi connectivity index (χ0v) is 12.8. The second-order valence-corrected chi connectivity index (χ2v) is 6.60. The van der Waals surface area contributed by atoms with E-state index in [1.165, 1.54) is 0 Å². The van der Waals surface area contributed by atoms with Crippen molar-refractivity contribution in [3.63, 3.8) is 0 Å². The van der Waals surface area contributed by atoms with Crippen LogP contribution < -0.4 is 5.32 Å². The van der Waals surface area contributed by atoms with Gasteiger partial charge in [-0.25, -0.2) is 0 Å². The Bertz CT molecular complexity index is 498. The number of carboxylic acid groups (broad SMARTS) is 1. The number of hydrogen-bond acceptors (Lipinski definition) is 3. The van der Waals surface area contributed by atoms with Crippen LogP contribution in [-0.4, -0.2) is 28.5 Å². The van der Waals surface area contributed by atoms with Crippen LogP contribution in [0.15, 0.2) is 24.3 Å². The minimum absolute atomic E-state index is 0.00804. The third-order valence-electron chi connectivity index (χ3n) is 3.75. The van der Waals surface area contributed by atoms with Gasteiger partial charge in [-0.1, -0.05) is 24.3 Å². The molecule has 0 saturated carbocycles. The summed E-state index contributed by atoms with van der Waals surface area (Å²) in [4.78, 5) is 22.8. The summed E-state index contributed by atoms with van der Waals surface area (Å²) in [6.45, 7) is 0.407. The fraction of sp³-hybridized carbons (Fsp3) is 0.500. The summed E-state index contributed by atoms with van der Waals surface area (Å²) in [6, 6.07) is 7.36. The van der Waals surface area contributed by atoms with Crippen molar-refractivity contribution >= 4 is 23.6 Å². The highest BCUT2D eigenvalue weighted by molar-refractivity contribution is 7.99. The second kappa shape index (κ2) is 8.08. The van der Waals surface area contributed by atoms with Crippen LogP contribution in [0.2, 0.25) is 0 Å². The van der Waals surface area contributed by atoms with E-state index in [9.17, 15) is 9.59 Å². The van der Waals surface area contributed by atoms with Gasteiger partial charge in [0.2, 0.25) is 5.91 Å². The molecule has 1 aromatic rings. The van der Waals surface area contributed by atoms with Crippen molar-refractivity contribution in [1.82, 2.24) is 5.32 Å². The minimum Gasteiger partial charge on any atom is -0.481 e. The Balaban J connectivity index is 1.84. The number of benzene rings is 1. The van der Waals surface area contributed by atoms with Crippen LogP contribution in [0.1, 0.15) is 30.4 Å². The van der Waals surface area contributed by atoms with E-state index in [1.807, 2.05) is 30.0 Å². The van der Waals surface area contributed by atoms with Gasteiger partial charge in [-0.3, -0.25) is 9.59 Å². The molecule has 1 aromatic carbocycles. The van der Waals surface area contributed by atoms with Gasteiger partial charge in [-0.15, -0.1) is 0 Å². The van der Waals surface area contributed by atoms with Gasteiger partial charge in [0, 0.05) is 13.0 Å². The summed E-state index contributed by atoms with van der Waals surface area (Å²) >= 11 is 1.96. The monoisotopic (exact) mass is 307 g/mol. The van der Waals surface area contributed by atoms with E-state index in [4.69, 9.17) is 5.11 Å². The first kappa shape index (κ1) is 15.9. The SMILES string of the molecule is O=C(O)Cc1ccccc1CNC(=O)CC1CCSCC1. The summed E-state index contributed by atoms with van der Waals surface area (Å²) in [5.41, 5.74) is 1.65. The van der Waals surface area contributed by atoms with Gasteiger partial charge in [-0.05, 0) is 41.4 Å². The van der Waals surface area contributed by atoms with Crippen molar-refractivity contribution in [2.24, 2.45) is 5.92 Å². The first-order chi connectivity index (χ1) is 10.1. The summed E-state index contributed by atoms with van der Waals surface area (Å²) in [6.07, 6.45) is 2.81. The van der Waals surface area contributed by atoms with Crippen molar-refractivity contribution in [2.45, 2.75) is 32.2 Å². The maximum absolute atomic E-state index is 12.0. The fourth-order valence-corrected chi connectivity index (χ4v) is 3.75. The summed E-state index contributed by atoms with van der Waals surface area (Å²) in [5.74, 6) is 2.02. The predicted molar refractivity (Wildman–Crippen MR) is 84.3 cm³/mol. The van der Waals surface area contributed by atoms with Crippen LogP contribution in [0.3, 0.4) is 0 Å². The molecule has 0 unspecified atom stereocenters. The Labute approximate surface area is 129 Å². The number of amides is 1. The number of hydrogen-bond donors (Lipinski definition) is 2. The highest BCUT2D eigenvalue weighted by Gasteiger charge is 2.17. The van der Waals surface area contributed by atoms with E-state index in [0.717, 1.165) is 35.5 Å². The molecule has 0 atom stereocenters. The molecule has 1 amide bonds. The van der Waals surface area contributed by atoms with Gasteiger partial charge >= 0.3 is 5.97 Å². The molecule has 0 aliphatic carbocycles. The lowest BCUT2D eigenvalue weighted by atomic mass is 9.98.